The fourth-order valence-electron chi connectivity index (χ4n) is 2.03. The molecule has 0 saturated carbocycles. The molecular formula is C13H9NO. The normalized spacial score (nSPS) is 14.3. The van der Waals surface area contributed by atoms with Crippen molar-refractivity contribution >= 4 is 22.9 Å². The third-order valence-electron chi connectivity index (χ3n) is 2.75. The monoisotopic (exact) mass is 195 g/mol. The van der Waals surface area contributed by atoms with Crippen LogP contribution in [-0.2, 0) is 6.42 Å². The van der Waals surface area contributed by atoms with Crippen LogP contribution in [0.4, 0.5) is 0 Å². The smallest absolute Gasteiger partial charge is 0.267 e. The molecule has 2 nitrogen and oxygen atoms in total. The molecule has 1 heterocycles. The van der Waals surface area contributed by atoms with Gasteiger partial charge in [0.1, 0.15) is 0 Å². The molecular weight excluding hydrogens is 186 g/mol. The lowest BCUT2D eigenvalue weighted by Gasteiger charge is -2.11. The largest absolute Gasteiger partial charge is 0.277 e. The number of nitrogens with zero attached hydrogens (tertiary/aromatic N) is 1. The third kappa shape index (κ3) is 1.18. The van der Waals surface area contributed by atoms with Crippen molar-refractivity contribution in [1.82, 2.24) is 0 Å². The Bertz CT molecular complexity index is 584. The zero-order valence-corrected chi connectivity index (χ0v) is 8.10. The van der Waals surface area contributed by atoms with Gasteiger partial charge >= 0.3 is 0 Å². The summed E-state index contributed by atoms with van der Waals surface area (Å²) in [5.41, 5.74) is 1.85. The van der Waals surface area contributed by atoms with Gasteiger partial charge in [-0.15, -0.1) is 0 Å². The van der Waals surface area contributed by atoms with Crippen LogP contribution < -0.4 is 0 Å². The van der Waals surface area contributed by atoms with Gasteiger partial charge in [-0.1, -0.05) is 36.4 Å². The Balaban J connectivity index is 2.44. The molecule has 0 aliphatic carbocycles. The van der Waals surface area contributed by atoms with E-state index in [1.807, 2.05) is 30.3 Å². The van der Waals surface area contributed by atoms with E-state index in [0.717, 1.165) is 28.3 Å². The van der Waals surface area contributed by atoms with Crippen LogP contribution in [0.2, 0.25) is 0 Å². The minimum atomic E-state index is -0.118. The summed E-state index contributed by atoms with van der Waals surface area (Å²) >= 11 is 0. The molecule has 0 spiro atoms. The Hall–Kier alpha value is -1.96. The standard InChI is InChI=1S/C13H9NO/c15-13-12-10(7-8-14-13)6-5-9-3-1-2-4-11(9)12/h1-6,8H,7H2. The van der Waals surface area contributed by atoms with E-state index in [1.165, 1.54) is 0 Å². The Labute approximate surface area is 87.3 Å². The van der Waals surface area contributed by atoms with Gasteiger partial charge in [-0.25, -0.2) is 4.99 Å². The lowest BCUT2D eigenvalue weighted by Crippen LogP contribution is -2.08. The second-order valence-electron chi connectivity index (χ2n) is 3.64. The van der Waals surface area contributed by atoms with E-state index in [9.17, 15) is 4.79 Å². The summed E-state index contributed by atoms with van der Waals surface area (Å²) in [7, 11) is 0. The number of carbonyl (C=O) groups is 1. The molecule has 2 aromatic rings. The zero-order chi connectivity index (χ0) is 10.3. The summed E-state index contributed by atoms with van der Waals surface area (Å²) < 4.78 is 0. The molecule has 0 radical (unpaired) electrons. The average Bonchev–Trinajstić information content (AvgIpc) is 2.29. The number of benzene rings is 2. The van der Waals surface area contributed by atoms with Crippen molar-refractivity contribution in [3.63, 3.8) is 0 Å². The second-order valence-corrected chi connectivity index (χ2v) is 3.64. The molecule has 2 aromatic carbocycles. The average molecular weight is 195 g/mol. The van der Waals surface area contributed by atoms with Gasteiger partial charge in [0.25, 0.3) is 5.91 Å². The molecule has 3 rings (SSSR count). The van der Waals surface area contributed by atoms with E-state index in [0.29, 0.717) is 0 Å². The molecule has 1 amide bonds. The summed E-state index contributed by atoms with van der Waals surface area (Å²) in [5, 5.41) is 2.11. The minimum Gasteiger partial charge on any atom is -0.267 e. The number of rotatable bonds is 0. The number of hydrogen-bond donors (Lipinski definition) is 0. The van der Waals surface area contributed by atoms with Crippen molar-refractivity contribution in [2.24, 2.45) is 4.99 Å². The third-order valence-corrected chi connectivity index (χ3v) is 2.75. The summed E-state index contributed by atoms with van der Waals surface area (Å²) in [6.45, 7) is 0. The van der Waals surface area contributed by atoms with Crippen LogP contribution >= 0.6 is 0 Å². The van der Waals surface area contributed by atoms with Crippen LogP contribution in [-0.4, -0.2) is 12.1 Å². The van der Waals surface area contributed by atoms with E-state index < -0.39 is 0 Å². The highest BCUT2D eigenvalue weighted by molar-refractivity contribution is 6.12. The maximum atomic E-state index is 11.7. The number of carbonyl (C=O) groups excluding carboxylic acids is 1. The molecule has 72 valence electrons. The highest BCUT2D eigenvalue weighted by atomic mass is 16.1. The summed E-state index contributed by atoms with van der Waals surface area (Å²) in [6, 6.07) is 12.0. The molecule has 2 heteroatoms. The maximum Gasteiger partial charge on any atom is 0.277 e. The Morgan fingerprint density at radius 3 is 2.87 bits per heavy atom. The van der Waals surface area contributed by atoms with Gasteiger partial charge in [0, 0.05) is 12.6 Å². The van der Waals surface area contributed by atoms with Crippen molar-refractivity contribution in [3.05, 3.63) is 47.5 Å². The summed E-state index contributed by atoms with van der Waals surface area (Å²) in [4.78, 5) is 15.6. The molecule has 1 aliphatic heterocycles. The number of fused-ring (bicyclic) bond motifs is 3. The van der Waals surface area contributed by atoms with Crippen molar-refractivity contribution in [3.8, 4) is 0 Å². The molecule has 0 atom stereocenters. The number of amides is 1. The Kier molecular flexibility index (Phi) is 1.68. The topological polar surface area (TPSA) is 29.4 Å². The first-order chi connectivity index (χ1) is 7.36. The molecule has 0 aromatic heterocycles. The van der Waals surface area contributed by atoms with Gasteiger partial charge in [-0.2, -0.15) is 0 Å². The van der Waals surface area contributed by atoms with Crippen LogP contribution in [0.25, 0.3) is 10.8 Å². The fraction of sp³-hybridized carbons (Fsp3) is 0.0769. The second kappa shape index (κ2) is 3.02. The van der Waals surface area contributed by atoms with Gasteiger partial charge in [0.15, 0.2) is 0 Å². The number of hydrogen-bond acceptors (Lipinski definition) is 1. The first-order valence-corrected chi connectivity index (χ1v) is 4.94. The van der Waals surface area contributed by atoms with E-state index in [1.54, 1.807) is 6.21 Å². The predicted molar refractivity (Wildman–Crippen MR) is 60.5 cm³/mol. The fourth-order valence-corrected chi connectivity index (χ4v) is 2.03. The van der Waals surface area contributed by atoms with Crippen LogP contribution in [0, 0.1) is 0 Å². The van der Waals surface area contributed by atoms with Crippen molar-refractivity contribution in [1.29, 1.82) is 0 Å². The van der Waals surface area contributed by atoms with E-state index >= 15 is 0 Å². The summed E-state index contributed by atoms with van der Waals surface area (Å²) in [6.07, 6.45) is 2.44. The highest BCUT2D eigenvalue weighted by Crippen LogP contribution is 2.25. The minimum absolute atomic E-state index is 0.118. The molecule has 15 heavy (non-hydrogen) atoms. The predicted octanol–water partition coefficient (Wildman–Crippen LogP) is 2.61. The van der Waals surface area contributed by atoms with Gasteiger partial charge in [-0.05, 0) is 16.3 Å². The number of aliphatic imine (C=N–C) groups is 1. The molecule has 1 aliphatic rings. The van der Waals surface area contributed by atoms with Crippen molar-refractivity contribution in [2.75, 3.05) is 0 Å². The van der Waals surface area contributed by atoms with Crippen LogP contribution in [0.1, 0.15) is 15.9 Å². The highest BCUT2D eigenvalue weighted by Gasteiger charge is 2.16. The van der Waals surface area contributed by atoms with E-state index in [-0.39, 0.29) is 5.91 Å². The molecule has 0 unspecified atom stereocenters. The molecule has 0 saturated heterocycles. The molecule has 0 fully saturated rings. The van der Waals surface area contributed by atoms with E-state index in [2.05, 4.69) is 11.1 Å². The van der Waals surface area contributed by atoms with Gasteiger partial charge in [0.05, 0.1) is 5.56 Å². The summed E-state index contributed by atoms with van der Waals surface area (Å²) in [5.74, 6) is -0.118. The lowest BCUT2D eigenvalue weighted by atomic mass is 9.95. The zero-order valence-electron chi connectivity index (χ0n) is 8.10. The molecule has 0 bridgehead atoms. The SMILES string of the molecule is O=C1N=CCc2ccc3ccccc3c21. The first-order valence-electron chi connectivity index (χ1n) is 4.94. The Morgan fingerprint density at radius 2 is 1.93 bits per heavy atom. The van der Waals surface area contributed by atoms with Gasteiger partial charge in [-0.3, -0.25) is 4.79 Å². The molecule has 0 N–H and O–H groups in total. The van der Waals surface area contributed by atoms with Crippen molar-refractivity contribution < 1.29 is 4.79 Å². The van der Waals surface area contributed by atoms with Crippen LogP contribution in [0.3, 0.4) is 0 Å². The van der Waals surface area contributed by atoms with Gasteiger partial charge in [0.2, 0.25) is 0 Å². The van der Waals surface area contributed by atoms with Crippen LogP contribution in [0.5, 0.6) is 0 Å². The van der Waals surface area contributed by atoms with E-state index in [4.69, 9.17) is 0 Å². The van der Waals surface area contributed by atoms with Crippen LogP contribution in [0.15, 0.2) is 41.4 Å². The van der Waals surface area contributed by atoms with Gasteiger partial charge < -0.3 is 0 Å². The quantitative estimate of drug-likeness (QED) is 0.635. The first kappa shape index (κ1) is 8.36. The maximum absolute atomic E-state index is 11.7. The Morgan fingerprint density at radius 1 is 1.07 bits per heavy atom. The lowest BCUT2D eigenvalue weighted by molar-refractivity contribution is 0.100. The van der Waals surface area contributed by atoms with Crippen molar-refractivity contribution in [2.45, 2.75) is 6.42 Å².